The topological polar surface area (TPSA) is 123 Å². The summed E-state index contributed by atoms with van der Waals surface area (Å²) in [6, 6.07) is 14.6. The molecule has 4 rings (SSSR count). The van der Waals surface area contributed by atoms with Crippen molar-refractivity contribution in [2.75, 3.05) is 6.54 Å². The highest BCUT2D eigenvalue weighted by molar-refractivity contribution is 5.92. The zero-order chi connectivity index (χ0) is 23.2. The van der Waals surface area contributed by atoms with Crippen LogP contribution in [0, 0.1) is 0 Å². The molecule has 33 heavy (non-hydrogen) atoms. The van der Waals surface area contributed by atoms with Crippen LogP contribution in [0.4, 0.5) is 0 Å². The lowest BCUT2D eigenvalue weighted by molar-refractivity contribution is -0.142. The van der Waals surface area contributed by atoms with Gasteiger partial charge in [0.15, 0.2) is 0 Å². The highest BCUT2D eigenvalue weighted by Crippen LogP contribution is 2.19. The van der Waals surface area contributed by atoms with Crippen molar-refractivity contribution in [3.05, 3.63) is 71.9 Å². The maximum Gasteiger partial charge on any atom is 0.326 e. The van der Waals surface area contributed by atoms with Crippen molar-refractivity contribution in [3.63, 3.8) is 0 Å². The zero-order valence-electron chi connectivity index (χ0n) is 18.2. The average Bonchev–Trinajstić information content (AvgIpc) is 3.49. The first-order valence-electron chi connectivity index (χ1n) is 11.2. The molecule has 1 aliphatic rings. The zero-order valence-corrected chi connectivity index (χ0v) is 18.2. The van der Waals surface area contributed by atoms with Crippen molar-refractivity contribution < 1.29 is 19.5 Å². The molecule has 1 aliphatic heterocycles. The molecule has 2 heterocycles. The van der Waals surface area contributed by atoms with Gasteiger partial charge in [0.1, 0.15) is 12.1 Å². The van der Waals surface area contributed by atoms with Gasteiger partial charge in [0.05, 0.1) is 6.04 Å². The Morgan fingerprint density at radius 1 is 0.970 bits per heavy atom. The molecule has 1 aromatic heterocycles. The highest BCUT2D eigenvalue weighted by atomic mass is 16.4. The van der Waals surface area contributed by atoms with E-state index in [-0.39, 0.29) is 24.8 Å². The highest BCUT2D eigenvalue weighted by Gasteiger charge is 2.30. The number of aromatic nitrogens is 1. The Morgan fingerprint density at radius 3 is 2.45 bits per heavy atom. The van der Waals surface area contributed by atoms with Crippen LogP contribution in [0.1, 0.15) is 24.0 Å². The van der Waals surface area contributed by atoms with Crippen molar-refractivity contribution in [3.8, 4) is 0 Å². The molecule has 0 unspecified atom stereocenters. The number of benzene rings is 2. The second kappa shape index (κ2) is 10.3. The fourth-order valence-corrected chi connectivity index (χ4v) is 4.23. The van der Waals surface area contributed by atoms with Crippen molar-refractivity contribution in [1.82, 2.24) is 20.9 Å². The van der Waals surface area contributed by atoms with Crippen LogP contribution in [-0.4, -0.2) is 52.5 Å². The largest absolute Gasteiger partial charge is 0.480 e. The van der Waals surface area contributed by atoms with E-state index in [0.717, 1.165) is 35.0 Å². The summed E-state index contributed by atoms with van der Waals surface area (Å²) in [6.45, 7) is 0.763. The number of nitrogens with one attached hydrogen (secondary N) is 4. The van der Waals surface area contributed by atoms with Crippen molar-refractivity contribution >= 4 is 28.7 Å². The maximum atomic E-state index is 13.2. The molecule has 0 radical (unpaired) electrons. The molecule has 3 aromatic rings. The monoisotopic (exact) mass is 448 g/mol. The Balaban J connectivity index is 1.50. The van der Waals surface area contributed by atoms with E-state index in [4.69, 9.17) is 0 Å². The standard InChI is InChI=1S/C25H28N4O4/c30-23(20-11-6-12-26-20)28-21(13-16-7-2-1-3-8-16)24(31)29-22(25(32)33)14-17-15-27-19-10-5-4-9-18(17)19/h1-5,7-10,15,20-22,26-27H,6,11-14H2,(H,28,30)(H,29,31)(H,32,33)/t20-,21+,22-/m1/s1. The third-order valence-corrected chi connectivity index (χ3v) is 6.01. The summed E-state index contributed by atoms with van der Waals surface area (Å²) >= 11 is 0. The lowest BCUT2D eigenvalue weighted by atomic mass is 10.0. The van der Waals surface area contributed by atoms with Crippen LogP contribution in [0.2, 0.25) is 0 Å². The van der Waals surface area contributed by atoms with Crippen molar-refractivity contribution in [1.29, 1.82) is 0 Å². The molecule has 1 fully saturated rings. The van der Waals surface area contributed by atoms with Crippen LogP contribution in [-0.2, 0) is 27.2 Å². The number of aliphatic carboxylic acids is 1. The summed E-state index contributed by atoms with van der Waals surface area (Å²) in [5.74, 6) is -1.89. The van der Waals surface area contributed by atoms with Gasteiger partial charge in [0.25, 0.3) is 0 Å². The number of carboxylic acids is 1. The first kappa shape index (κ1) is 22.5. The number of fused-ring (bicyclic) bond motifs is 1. The van der Waals surface area contributed by atoms with Gasteiger partial charge < -0.3 is 26.0 Å². The minimum atomic E-state index is -1.13. The number of para-hydroxylation sites is 1. The Hall–Kier alpha value is -3.65. The average molecular weight is 449 g/mol. The molecule has 0 saturated carbocycles. The third-order valence-electron chi connectivity index (χ3n) is 6.01. The normalized spacial score (nSPS) is 17.4. The summed E-state index contributed by atoms with van der Waals surface area (Å²) in [5, 5.41) is 19.3. The molecule has 2 amide bonds. The molecule has 3 atom stereocenters. The van der Waals surface area contributed by atoms with Crippen LogP contribution in [0.3, 0.4) is 0 Å². The van der Waals surface area contributed by atoms with Crippen molar-refractivity contribution in [2.45, 2.75) is 43.8 Å². The first-order chi connectivity index (χ1) is 16.0. The maximum absolute atomic E-state index is 13.2. The van der Waals surface area contributed by atoms with Crippen molar-refractivity contribution in [2.24, 2.45) is 0 Å². The summed E-state index contributed by atoms with van der Waals surface area (Å²) in [5.41, 5.74) is 2.58. The van der Waals surface area contributed by atoms with E-state index < -0.39 is 24.0 Å². The molecule has 8 heteroatoms. The second-order valence-corrected chi connectivity index (χ2v) is 8.36. The summed E-state index contributed by atoms with van der Waals surface area (Å²) in [7, 11) is 0. The number of H-pyrrole nitrogens is 1. The quantitative estimate of drug-likeness (QED) is 0.341. The smallest absolute Gasteiger partial charge is 0.326 e. The minimum absolute atomic E-state index is 0.126. The number of carbonyl (C=O) groups excluding carboxylic acids is 2. The third kappa shape index (κ3) is 5.59. The van der Waals surface area contributed by atoms with Crippen LogP contribution < -0.4 is 16.0 Å². The molecule has 172 valence electrons. The molecule has 0 aliphatic carbocycles. The molecule has 8 nitrogen and oxygen atoms in total. The van der Waals surface area contributed by atoms with Gasteiger partial charge in [-0.3, -0.25) is 9.59 Å². The van der Waals surface area contributed by atoms with Crippen LogP contribution in [0.15, 0.2) is 60.8 Å². The van der Waals surface area contributed by atoms with Gasteiger partial charge >= 0.3 is 5.97 Å². The lowest BCUT2D eigenvalue weighted by Gasteiger charge is -2.23. The molecular weight excluding hydrogens is 420 g/mol. The van der Waals surface area contributed by atoms with Crippen LogP contribution in [0.25, 0.3) is 10.9 Å². The number of carbonyl (C=O) groups is 3. The van der Waals surface area contributed by atoms with E-state index in [1.807, 2.05) is 54.6 Å². The fraction of sp³-hybridized carbons (Fsp3) is 0.320. The molecule has 0 spiro atoms. The number of carboxylic acid groups (broad SMARTS) is 1. The summed E-state index contributed by atoms with van der Waals surface area (Å²) in [4.78, 5) is 41.0. The fourth-order valence-electron chi connectivity index (χ4n) is 4.23. The minimum Gasteiger partial charge on any atom is -0.480 e. The predicted molar refractivity (Wildman–Crippen MR) is 125 cm³/mol. The first-order valence-corrected chi connectivity index (χ1v) is 11.2. The Labute approximate surface area is 191 Å². The number of rotatable bonds is 9. The molecule has 1 saturated heterocycles. The summed E-state index contributed by atoms with van der Waals surface area (Å²) < 4.78 is 0. The lowest BCUT2D eigenvalue weighted by Crippen LogP contribution is -2.55. The predicted octanol–water partition coefficient (Wildman–Crippen LogP) is 1.76. The van der Waals surface area contributed by atoms with Gasteiger partial charge in [-0.2, -0.15) is 0 Å². The van der Waals surface area contributed by atoms with E-state index >= 15 is 0 Å². The summed E-state index contributed by atoms with van der Waals surface area (Å²) in [6.07, 6.45) is 3.77. The number of aromatic amines is 1. The van der Waals surface area contributed by atoms with E-state index in [0.29, 0.717) is 6.42 Å². The molecular formula is C25H28N4O4. The SMILES string of the molecule is O=C(N[C@H](Cc1c[nH]c2ccccc12)C(=O)O)[C@H](Cc1ccccc1)NC(=O)[C@H]1CCCN1. The van der Waals surface area contributed by atoms with E-state index in [1.165, 1.54) is 0 Å². The van der Waals surface area contributed by atoms with Gasteiger partial charge in [0, 0.05) is 29.9 Å². The van der Waals surface area contributed by atoms with Gasteiger partial charge in [-0.15, -0.1) is 0 Å². The van der Waals surface area contributed by atoms with Gasteiger partial charge in [-0.1, -0.05) is 48.5 Å². The Morgan fingerprint density at radius 2 is 1.73 bits per heavy atom. The van der Waals surface area contributed by atoms with Crippen LogP contribution >= 0.6 is 0 Å². The molecule has 5 N–H and O–H groups in total. The molecule has 0 bridgehead atoms. The van der Waals surface area contributed by atoms with Gasteiger partial charge in [-0.25, -0.2) is 4.79 Å². The second-order valence-electron chi connectivity index (χ2n) is 8.36. The van der Waals surface area contributed by atoms with E-state index in [1.54, 1.807) is 6.20 Å². The Kier molecular flexibility index (Phi) is 7.04. The number of amides is 2. The Bertz CT molecular complexity index is 1120. The van der Waals surface area contributed by atoms with E-state index in [9.17, 15) is 19.5 Å². The van der Waals surface area contributed by atoms with Crippen LogP contribution in [0.5, 0.6) is 0 Å². The number of hydrogen-bond acceptors (Lipinski definition) is 4. The van der Waals surface area contributed by atoms with Gasteiger partial charge in [0.2, 0.25) is 11.8 Å². The number of hydrogen-bond donors (Lipinski definition) is 5. The molecule has 2 aromatic carbocycles. The van der Waals surface area contributed by atoms with Gasteiger partial charge in [-0.05, 0) is 36.6 Å². The van der Waals surface area contributed by atoms with E-state index in [2.05, 4.69) is 20.9 Å².